The lowest BCUT2D eigenvalue weighted by atomic mass is 10.0. The summed E-state index contributed by atoms with van der Waals surface area (Å²) in [5.74, 6) is 0.147. The molecule has 0 radical (unpaired) electrons. The normalized spacial score (nSPS) is 10.5. The number of ketones is 1. The third-order valence-electron chi connectivity index (χ3n) is 4.10. The average Bonchev–Trinajstić information content (AvgIpc) is 2.99. The van der Waals surface area contributed by atoms with Crippen LogP contribution in [0.1, 0.15) is 40.1 Å². The van der Waals surface area contributed by atoms with Gasteiger partial charge in [0.2, 0.25) is 11.8 Å². The van der Waals surface area contributed by atoms with Gasteiger partial charge in [-0.05, 0) is 38.0 Å². The molecule has 2 aromatic rings. The molecule has 1 aromatic heterocycles. The predicted molar refractivity (Wildman–Crippen MR) is 97.0 cm³/mol. The number of carbonyl (C=O) groups is 3. The van der Waals surface area contributed by atoms with Crippen LogP contribution in [0.2, 0.25) is 0 Å². The van der Waals surface area contributed by atoms with Crippen molar-refractivity contribution in [2.24, 2.45) is 0 Å². The van der Waals surface area contributed by atoms with Gasteiger partial charge >= 0.3 is 0 Å². The lowest BCUT2D eigenvalue weighted by molar-refractivity contribution is -0.133. The van der Waals surface area contributed by atoms with Crippen LogP contribution < -0.4 is 5.32 Å². The topological polar surface area (TPSA) is 92.5 Å². The maximum atomic E-state index is 12.2. The lowest BCUT2D eigenvalue weighted by Crippen LogP contribution is -2.35. The monoisotopic (exact) mass is 357 g/mol. The number of benzene rings is 1. The van der Waals surface area contributed by atoms with Crippen LogP contribution in [-0.4, -0.2) is 41.2 Å². The van der Waals surface area contributed by atoms with E-state index in [0.29, 0.717) is 17.1 Å². The molecule has 0 spiro atoms. The number of nitrogens with zero attached hydrogens (tertiary/aromatic N) is 2. The van der Waals surface area contributed by atoms with E-state index in [1.807, 2.05) is 26.0 Å². The van der Waals surface area contributed by atoms with Crippen LogP contribution in [0, 0.1) is 20.8 Å². The van der Waals surface area contributed by atoms with E-state index in [-0.39, 0.29) is 37.0 Å². The fraction of sp³-hybridized carbons (Fsp3) is 0.368. The van der Waals surface area contributed by atoms with E-state index in [1.54, 1.807) is 19.1 Å². The van der Waals surface area contributed by atoms with Crippen molar-refractivity contribution in [2.45, 2.75) is 33.6 Å². The zero-order valence-corrected chi connectivity index (χ0v) is 15.5. The van der Waals surface area contributed by atoms with Crippen LogP contribution in [0.3, 0.4) is 0 Å². The fourth-order valence-corrected chi connectivity index (χ4v) is 2.38. The summed E-state index contributed by atoms with van der Waals surface area (Å²) in [6.07, 6.45) is 0.161. The van der Waals surface area contributed by atoms with Crippen LogP contribution in [0.15, 0.2) is 28.8 Å². The van der Waals surface area contributed by atoms with Gasteiger partial charge in [-0.15, -0.1) is 0 Å². The van der Waals surface area contributed by atoms with Gasteiger partial charge in [0.05, 0.1) is 6.54 Å². The maximum absolute atomic E-state index is 12.2. The van der Waals surface area contributed by atoms with Crippen molar-refractivity contribution in [1.82, 2.24) is 10.1 Å². The van der Waals surface area contributed by atoms with Crippen LogP contribution in [-0.2, 0) is 9.59 Å². The molecular formula is C19H23N3O4. The Bertz CT molecular complexity index is 826. The van der Waals surface area contributed by atoms with Crippen molar-refractivity contribution >= 4 is 23.4 Å². The van der Waals surface area contributed by atoms with Crippen molar-refractivity contribution in [3.05, 3.63) is 46.7 Å². The lowest BCUT2D eigenvalue weighted by Gasteiger charge is -2.16. The molecule has 0 saturated heterocycles. The number of carbonyl (C=O) groups excluding carboxylic acids is 3. The first-order valence-corrected chi connectivity index (χ1v) is 8.34. The van der Waals surface area contributed by atoms with E-state index in [4.69, 9.17) is 4.52 Å². The quantitative estimate of drug-likeness (QED) is 0.769. The van der Waals surface area contributed by atoms with Crippen molar-refractivity contribution in [3.63, 3.8) is 0 Å². The molecule has 138 valence electrons. The minimum atomic E-state index is -0.380. The Hall–Kier alpha value is -2.96. The van der Waals surface area contributed by atoms with Gasteiger partial charge in [0.1, 0.15) is 5.76 Å². The van der Waals surface area contributed by atoms with Crippen LogP contribution in [0.25, 0.3) is 0 Å². The molecular weight excluding hydrogens is 334 g/mol. The van der Waals surface area contributed by atoms with Crippen LogP contribution >= 0.6 is 0 Å². The van der Waals surface area contributed by atoms with E-state index >= 15 is 0 Å². The number of hydrogen-bond acceptors (Lipinski definition) is 5. The third kappa shape index (κ3) is 5.27. The molecule has 1 N–H and O–H groups in total. The van der Waals surface area contributed by atoms with Gasteiger partial charge in [-0.3, -0.25) is 14.4 Å². The average molecular weight is 357 g/mol. The summed E-state index contributed by atoms with van der Waals surface area (Å²) in [5, 5.41) is 6.21. The third-order valence-corrected chi connectivity index (χ3v) is 4.10. The highest BCUT2D eigenvalue weighted by Gasteiger charge is 2.16. The van der Waals surface area contributed by atoms with Gasteiger partial charge in [0.25, 0.3) is 0 Å². The summed E-state index contributed by atoms with van der Waals surface area (Å²) in [7, 11) is 1.52. The van der Waals surface area contributed by atoms with Crippen LogP contribution in [0.4, 0.5) is 5.82 Å². The minimum Gasteiger partial charge on any atom is -0.360 e. The number of likely N-dealkylation sites (N-methyl/N-ethyl adjacent to an activating group) is 1. The molecule has 2 rings (SSSR count). The molecule has 7 nitrogen and oxygen atoms in total. The number of nitrogens with one attached hydrogen (secondary N) is 1. The van der Waals surface area contributed by atoms with E-state index in [2.05, 4.69) is 10.5 Å². The molecule has 0 saturated carbocycles. The molecule has 0 aliphatic carbocycles. The number of aromatic nitrogens is 1. The second-order valence-corrected chi connectivity index (χ2v) is 6.34. The summed E-state index contributed by atoms with van der Waals surface area (Å²) < 4.78 is 4.86. The Morgan fingerprint density at radius 3 is 2.42 bits per heavy atom. The van der Waals surface area contributed by atoms with Gasteiger partial charge in [-0.2, -0.15) is 0 Å². The maximum Gasteiger partial charge on any atom is 0.245 e. The number of amides is 2. The Balaban J connectivity index is 1.81. The second kappa shape index (κ2) is 8.42. The Morgan fingerprint density at radius 1 is 1.08 bits per heavy atom. The first-order chi connectivity index (χ1) is 12.3. The van der Waals surface area contributed by atoms with Gasteiger partial charge in [0, 0.05) is 31.5 Å². The summed E-state index contributed by atoms with van der Waals surface area (Å²) in [6.45, 7) is 5.51. The molecule has 2 amide bonds. The number of anilines is 1. The van der Waals surface area contributed by atoms with Crippen molar-refractivity contribution in [3.8, 4) is 0 Å². The number of Topliss-reactive ketones (excluding diaryl/α,β-unsaturated/α-hetero) is 1. The van der Waals surface area contributed by atoms with Gasteiger partial charge in [-0.1, -0.05) is 17.3 Å². The van der Waals surface area contributed by atoms with Crippen molar-refractivity contribution in [2.75, 3.05) is 18.9 Å². The summed E-state index contributed by atoms with van der Waals surface area (Å²) in [5.41, 5.74) is 2.76. The van der Waals surface area contributed by atoms with Crippen molar-refractivity contribution in [1.29, 1.82) is 0 Å². The number of aryl methyl sites for hydroxylation is 3. The predicted octanol–water partition coefficient (Wildman–Crippen LogP) is 2.66. The zero-order chi connectivity index (χ0) is 19.3. The Morgan fingerprint density at radius 2 is 1.81 bits per heavy atom. The molecule has 0 atom stereocenters. The number of hydrogen-bond donors (Lipinski definition) is 1. The highest BCUT2D eigenvalue weighted by atomic mass is 16.5. The highest BCUT2D eigenvalue weighted by Crippen LogP contribution is 2.13. The minimum absolute atomic E-state index is 0.0542. The van der Waals surface area contributed by atoms with E-state index < -0.39 is 0 Å². The standard InChI is InChI=1S/C19H23N3O4/c1-12-5-6-15(9-13(12)2)16(23)7-8-19(25)22(4)11-18(24)20-17-10-14(3)26-21-17/h5-6,9-10H,7-8,11H2,1-4H3,(H,20,21,24). The smallest absolute Gasteiger partial charge is 0.245 e. The molecule has 7 heteroatoms. The van der Waals surface area contributed by atoms with Gasteiger partial charge in [-0.25, -0.2) is 0 Å². The molecule has 1 heterocycles. The second-order valence-electron chi connectivity index (χ2n) is 6.34. The van der Waals surface area contributed by atoms with Crippen molar-refractivity contribution < 1.29 is 18.9 Å². The molecule has 0 aliphatic heterocycles. The van der Waals surface area contributed by atoms with Gasteiger partial charge < -0.3 is 14.7 Å². The number of rotatable bonds is 7. The van der Waals surface area contributed by atoms with E-state index in [0.717, 1.165) is 11.1 Å². The molecule has 26 heavy (non-hydrogen) atoms. The summed E-state index contributed by atoms with van der Waals surface area (Å²) in [4.78, 5) is 37.6. The summed E-state index contributed by atoms with van der Waals surface area (Å²) >= 11 is 0. The molecule has 1 aromatic carbocycles. The zero-order valence-electron chi connectivity index (χ0n) is 15.5. The Kier molecular flexibility index (Phi) is 6.27. The SMILES string of the molecule is Cc1cc(NC(=O)CN(C)C(=O)CCC(=O)c2ccc(C)c(C)c2)no1. The molecule has 0 unspecified atom stereocenters. The van der Waals surface area contributed by atoms with E-state index in [9.17, 15) is 14.4 Å². The highest BCUT2D eigenvalue weighted by molar-refractivity contribution is 5.99. The molecule has 0 aliphatic rings. The first-order valence-electron chi connectivity index (χ1n) is 8.34. The molecule has 0 fully saturated rings. The molecule has 0 bridgehead atoms. The van der Waals surface area contributed by atoms with Crippen LogP contribution in [0.5, 0.6) is 0 Å². The van der Waals surface area contributed by atoms with Gasteiger partial charge in [0.15, 0.2) is 11.6 Å². The Labute approximate surface area is 152 Å². The first kappa shape index (κ1) is 19.4. The van der Waals surface area contributed by atoms with E-state index in [1.165, 1.54) is 11.9 Å². The largest absolute Gasteiger partial charge is 0.360 e. The fourth-order valence-electron chi connectivity index (χ4n) is 2.38. The summed E-state index contributed by atoms with van der Waals surface area (Å²) in [6, 6.07) is 7.08.